The number of hydrogen-bond acceptors (Lipinski definition) is 5. The molecule has 0 aliphatic carbocycles. The number of nitrogens with one attached hydrogen (secondary N) is 1. The molecule has 0 saturated carbocycles. The molecule has 160 valence electrons. The van der Waals surface area contributed by atoms with Crippen LogP contribution in [0.3, 0.4) is 0 Å². The van der Waals surface area contributed by atoms with Crippen LogP contribution < -0.4 is 5.32 Å². The zero-order valence-corrected chi connectivity index (χ0v) is 18.7. The summed E-state index contributed by atoms with van der Waals surface area (Å²) >= 11 is 7.60. The van der Waals surface area contributed by atoms with E-state index in [1.807, 2.05) is 29.2 Å². The van der Waals surface area contributed by atoms with Gasteiger partial charge in [-0.3, -0.25) is 14.5 Å². The van der Waals surface area contributed by atoms with E-state index in [1.54, 1.807) is 35.6 Å². The van der Waals surface area contributed by atoms with Gasteiger partial charge in [0.15, 0.2) is 0 Å². The largest absolute Gasteiger partial charge is 0.336 e. The van der Waals surface area contributed by atoms with Gasteiger partial charge in [0, 0.05) is 66.9 Å². The number of halogens is 1. The average molecular weight is 455 g/mol. The third-order valence-electron chi connectivity index (χ3n) is 5.14. The van der Waals surface area contributed by atoms with Gasteiger partial charge < -0.3 is 10.2 Å². The maximum Gasteiger partial charge on any atom is 0.253 e. The summed E-state index contributed by atoms with van der Waals surface area (Å²) in [6.07, 6.45) is 0. The molecular weight excluding hydrogens is 432 g/mol. The van der Waals surface area contributed by atoms with Crippen LogP contribution in [-0.4, -0.2) is 52.8 Å². The number of carbonyl (C=O) groups excluding carboxylic acids is 2. The van der Waals surface area contributed by atoms with Crippen LogP contribution in [0.25, 0.3) is 10.6 Å². The van der Waals surface area contributed by atoms with E-state index in [-0.39, 0.29) is 11.8 Å². The lowest BCUT2D eigenvalue weighted by Gasteiger charge is -2.34. The second-order valence-electron chi connectivity index (χ2n) is 7.48. The number of benzene rings is 2. The Morgan fingerprint density at radius 2 is 1.71 bits per heavy atom. The van der Waals surface area contributed by atoms with Gasteiger partial charge in [-0.25, -0.2) is 4.98 Å². The maximum atomic E-state index is 12.8. The van der Waals surface area contributed by atoms with Gasteiger partial charge in [-0.15, -0.1) is 11.3 Å². The summed E-state index contributed by atoms with van der Waals surface area (Å²) in [5, 5.41) is 6.52. The molecule has 3 aromatic rings. The van der Waals surface area contributed by atoms with Crippen LogP contribution in [0.2, 0.25) is 5.02 Å². The van der Waals surface area contributed by atoms with E-state index < -0.39 is 0 Å². The third kappa shape index (κ3) is 5.50. The molecule has 1 saturated heterocycles. The highest BCUT2D eigenvalue weighted by Crippen LogP contribution is 2.26. The summed E-state index contributed by atoms with van der Waals surface area (Å²) in [7, 11) is 0. The van der Waals surface area contributed by atoms with Crippen molar-refractivity contribution in [2.45, 2.75) is 13.5 Å². The molecule has 2 amide bonds. The quantitative estimate of drug-likeness (QED) is 0.621. The summed E-state index contributed by atoms with van der Waals surface area (Å²) in [5.41, 5.74) is 3.44. The molecule has 1 aliphatic heterocycles. The smallest absolute Gasteiger partial charge is 0.253 e. The molecule has 6 nitrogen and oxygen atoms in total. The van der Waals surface area contributed by atoms with Crippen molar-refractivity contribution in [1.82, 2.24) is 14.8 Å². The summed E-state index contributed by atoms with van der Waals surface area (Å²) in [6.45, 7) is 5.22. The molecule has 1 N–H and O–H groups in total. The van der Waals surface area contributed by atoms with E-state index in [9.17, 15) is 9.59 Å². The lowest BCUT2D eigenvalue weighted by Crippen LogP contribution is -2.48. The second-order valence-corrected chi connectivity index (χ2v) is 8.77. The molecule has 1 aliphatic rings. The summed E-state index contributed by atoms with van der Waals surface area (Å²) < 4.78 is 0. The molecule has 0 bridgehead atoms. The van der Waals surface area contributed by atoms with Crippen LogP contribution in [0.1, 0.15) is 23.0 Å². The van der Waals surface area contributed by atoms with Gasteiger partial charge in [0.05, 0.1) is 5.69 Å². The number of carbonyl (C=O) groups is 2. The Bertz CT molecular complexity index is 1060. The number of aromatic nitrogens is 1. The van der Waals surface area contributed by atoms with E-state index in [2.05, 4.69) is 15.6 Å². The predicted octanol–water partition coefficient (Wildman–Crippen LogP) is 4.38. The van der Waals surface area contributed by atoms with Crippen molar-refractivity contribution in [2.75, 3.05) is 31.5 Å². The topological polar surface area (TPSA) is 65.5 Å². The molecular formula is C23H23ClN4O2S. The van der Waals surface area contributed by atoms with Gasteiger partial charge in [0.1, 0.15) is 5.01 Å². The van der Waals surface area contributed by atoms with E-state index >= 15 is 0 Å². The standard InChI is InChI=1S/C23H23ClN4O2S/c1-16(29)25-20-8-4-18(5-9-20)23(30)28-12-10-27(11-13-28)14-21-15-31-22(26-21)17-2-6-19(24)7-3-17/h2-9,15H,10-14H2,1H3,(H,25,29). The predicted molar refractivity (Wildman–Crippen MR) is 124 cm³/mol. The molecule has 2 aromatic carbocycles. The minimum Gasteiger partial charge on any atom is -0.336 e. The van der Waals surface area contributed by atoms with Crippen LogP contribution in [0.15, 0.2) is 53.9 Å². The maximum absolute atomic E-state index is 12.8. The minimum atomic E-state index is -0.129. The Kier molecular flexibility index (Phi) is 6.65. The number of anilines is 1. The van der Waals surface area contributed by atoms with Gasteiger partial charge in [-0.1, -0.05) is 23.7 Å². The number of nitrogens with zero attached hydrogens (tertiary/aromatic N) is 3. The Morgan fingerprint density at radius 3 is 2.35 bits per heavy atom. The molecule has 0 radical (unpaired) electrons. The second kappa shape index (κ2) is 9.60. The average Bonchev–Trinajstić information content (AvgIpc) is 3.23. The van der Waals surface area contributed by atoms with Crippen LogP contribution in [0.4, 0.5) is 5.69 Å². The molecule has 0 unspecified atom stereocenters. The molecule has 4 rings (SSSR count). The Labute approximate surface area is 190 Å². The monoisotopic (exact) mass is 454 g/mol. The molecule has 1 fully saturated rings. The molecule has 8 heteroatoms. The number of piperazine rings is 1. The fraction of sp³-hybridized carbons (Fsp3) is 0.261. The zero-order valence-electron chi connectivity index (χ0n) is 17.2. The lowest BCUT2D eigenvalue weighted by molar-refractivity contribution is -0.114. The van der Waals surface area contributed by atoms with Crippen LogP contribution in [0.5, 0.6) is 0 Å². The highest BCUT2D eigenvalue weighted by molar-refractivity contribution is 7.13. The van der Waals surface area contributed by atoms with Gasteiger partial charge in [-0.2, -0.15) is 0 Å². The Hall–Kier alpha value is -2.74. The Balaban J connectivity index is 1.30. The fourth-order valence-electron chi connectivity index (χ4n) is 3.52. The van der Waals surface area contributed by atoms with E-state index in [0.29, 0.717) is 24.3 Å². The molecule has 1 aromatic heterocycles. The third-order valence-corrected chi connectivity index (χ3v) is 6.33. The first-order chi connectivity index (χ1) is 15.0. The fourth-order valence-corrected chi connectivity index (χ4v) is 4.47. The first-order valence-corrected chi connectivity index (χ1v) is 11.3. The first-order valence-electron chi connectivity index (χ1n) is 10.1. The zero-order chi connectivity index (χ0) is 21.8. The van der Waals surface area contributed by atoms with E-state index in [1.165, 1.54) is 6.92 Å². The van der Waals surface area contributed by atoms with Crippen LogP contribution >= 0.6 is 22.9 Å². The van der Waals surface area contributed by atoms with Crippen molar-refractivity contribution >= 4 is 40.4 Å². The minimum absolute atomic E-state index is 0.0210. The highest BCUT2D eigenvalue weighted by Gasteiger charge is 2.22. The van der Waals surface area contributed by atoms with Crippen molar-refractivity contribution in [1.29, 1.82) is 0 Å². The van der Waals surface area contributed by atoms with Crippen molar-refractivity contribution in [3.63, 3.8) is 0 Å². The van der Waals surface area contributed by atoms with E-state index in [4.69, 9.17) is 16.6 Å². The number of hydrogen-bond donors (Lipinski definition) is 1. The first kappa shape index (κ1) is 21.5. The molecule has 2 heterocycles. The molecule has 0 atom stereocenters. The summed E-state index contributed by atoms with van der Waals surface area (Å²) in [5.74, 6) is -0.108. The van der Waals surface area contributed by atoms with E-state index in [0.717, 1.165) is 40.9 Å². The van der Waals surface area contributed by atoms with Crippen molar-refractivity contribution in [3.05, 3.63) is 70.2 Å². The van der Waals surface area contributed by atoms with Crippen molar-refractivity contribution in [3.8, 4) is 10.6 Å². The normalized spacial score (nSPS) is 14.5. The Morgan fingerprint density at radius 1 is 1.03 bits per heavy atom. The SMILES string of the molecule is CC(=O)Nc1ccc(C(=O)N2CCN(Cc3csc(-c4ccc(Cl)cc4)n3)CC2)cc1. The van der Waals surface area contributed by atoms with Crippen molar-refractivity contribution < 1.29 is 9.59 Å². The van der Waals surface area contributed by atoms with Crippen molar-refractivity contribution in [2.24, 2.45) is 0 Å². The highest BCUT2D eigenvalue weighted by atomic mass is 35.5. The molecule has 0 spiro atoms. The van der Waals surface area contributed by atoms with Gasteiger partial charge in [0.25, 0.3) is 5.91 Å². The summed E-state index contributed by atoms with van der Waals surface area (Å²) in [6, 6.07) is 14.7. The van der Waals surface area contributed by atoms with Gasteiger partial charge >= 0.3 is 0 Å². The van der Waals surface area contributed by atoms with Crippen LogP contribution in [0, 0.1) is 0 Å². The van der Waals surface area contributed by atoms with Gasteiger partial charge in [-0.05, 0) is 36.4 Å². The van der Waals surface area contributed by atoms with Gasteiger partial charge in [0.2, 0.25) is 5.91 Å². The molecule has 31 heavy (non-hydrogen) atoms. The summed E-state index contributed by atoms with van der Waals surface area (Å²) in [4.78, 5) is 32.9. The lowest BCUT2D eigenvalue weighted by atomic mass is 10.1. The number of amides is 2. The number of rotatable bonds is 5. The number of thiazole rings is 1. The van der Waals surface area contributed by atoms with Crippen LogP contribution in [-0.2, 0) is 11.3 Å².